The van der Waals surface area contributed by atoms with Crippen molar-refractivity contribution in [3.05, 3.63) is 83.4 Å². The average Bonchev–Trinajstić information content (AvgIpc) is 3.32. The first kappa shape index (κ1) is 24.5. The van der Waals surface area contributed by atoms with Gasteiger partial charge in [-0.2, -0.15) is 0 Å². The molecule has 36 heavy (non-hydrogen) atoms. The van der Waals surface area contributed by atoms with Gasteiger partial charge in [-0.25, -0.2) is 9.78 Å². The number of halogens is 1. The first-order valence-electron chi connectivity index (χ1n) is 12.0. The van der Waals surface area contributed by atoms with E-state index in [0.29, 0.717) is 23.8 Å². The van der Waals surface area contributed by atoms with E-state index in [0.717, 1.165) is 53.9 Å². The number of benzene rings is 3. The Balaban J connectivity index is 1.34. The molecule has 2 N–H and O–H groups in total. The molecule has 0 unspecified atom stereocenters. The van der Waals surface area contributed by atoms with Crippen LogP contribution in [0.5, 0.6) is 0 Å². The number of morpholine rings is 1. The third kappa shape index (κ3) is 6.33. The Morgan fingerprint density at radius 2 is 1.83 bits per heavy atom. The fourth-order valence-corrected chi connectivity index (χ4v) is 5.09. The SMILES string of the molecule is O=C(Nc1ccc(Cl)cc1)N(CCN1CCOCC1)c1ccc2nc(NCc3ccccc3)sc2c1. The second-order valence-corrected chi connectivity index (χ2v) is 10.0. The van der Waals surface area contributed by atoms with Crippen molar-refractivity contribution >= 4 is 55.7 Å². The Bertz CT molecular complexity index is 1290. The van der Waals surface area contributed by atoms with Crippen LogP contribution in [0, 0.1) is 0 Å². The molecule has 0 radical (unpaired) electrons. The minimum Gasteiger partial charge on any atom is -0.379 e. The van der Waals surface area contributed by atoms with Crippen molar-refractivity contribution in [3.63, 3.8) is 0 Å². The summed E-state index contributed by atoms with van der Waals surface area (Å²) in [7, 11) is 0. The van der Waals surface area contributed by atoms with E-state index in [1.54, 1.807) is 40.5 Å². The van der Waals surface area contributed by atoms with Crippen LogP contribution in [0.15, 0.2) is 72.8 Å². The Hall–Kier alpha value is -3.17. The molecule has 1 saturated heterocycles. The van der Waals surface area contributed by atoms with E-state index in [1.807, 2.05) is 36.4 Å². The van der Waals surface area contributed by atoms with Crippen molar-refractivity contribution in [2.75, 3.05) is 54.9 Å². The maximum atomic E-state index is 13.4. The third-order valence-corrected chi connectivity index (χ3v) is 7.28. The molecule has 7 nitrogen and oxygen atoms in total. The zero-order valence-electron chi connectivity index (χ0n) is 19.8. The van der Waals surface area contributed by atoms with E-state index < -0.39 is 0 Å². The zero-order chi connectivity index (χ0) is 24.7. The summed E-state index contributed by atoms with van der Waals surface area (Å²) >= 11 is 7.60. The number of fused-ring (bicyclic) bond motifs is 1. The monoisotopic (exact) mass is 521 g/mol. The summed E-state index contributed by atoms with van der Waals surface area (Å²) in [5, 5.41) is 7.91. The van der Waals surface area contributed by atoms with Crippen molar-refractivity contribution in [3.8, 4) is 0 Å². The summed E-state index contributed by atoms with van der Waals surface area (Å²) in [4.78, 5) is 22.2. The standard InChI is InChI=1S/C27H28ClN5O2S/c28-21-6-8-22(9-7-21)30-27(34)33(13-12-32-14-16-35-17-15-32)23-10-11-24-25(18-23)36-26(31-24)29-19-20-4-2-1-3-5-20/h1-11,18H,12-17,19H2,(H,29,31)(H,30,34). The van der Waals surface area contributed by atoms with Crippen molar-refractivity contribution in [2.24, 2.45) is 0 Å². The molecule has 5 rings (SSSR count). The van der Waals surface area contributed by atoms with Gasteiger partial charge in [0.1, 0.15) is 0 Å². The van der Waals surface area contributed by atoms with Crippen molar-refractivity contribution < 1.29 is 9.53 Å². The van der Waals surface area contributed by atoms with Crippen LogP contribution in [0.4, 0.5) is 21.3 Å². The number of ether oxygens (including phenoxy) is 1. The Morgan fingerprint density at radius 3 is 2.61 bits per heavy atom. The lowest BCUT2D eigenvalue weighted by Gasteiger charge is -2.30. The van der Waals surface area contributed by atoms with E-state index in [1.165, 1.54) is 5.56 Å². The lowest BCUT2D eigenvalue weighted by atomic mass is 10.2. The largest absolute Gasteiger partial charge is 0.379 e. The van der Waals surface area contributed by atoms with Gasteiger partial charge in [0.15, 0.2) is 5.13 Å². The number of urea groups is 1. The normalized spacial score (nSPS) is 14.0. The first-order valence-corrected chi connectivity index (χ1v) is 13.2. The molecular formula is C27H28ClN5O2S. The topological polar surface area (TPSA) is 69.7 Å². The summed E-state index contributed by atoms with van der Waals surface area (Å²) in [5.74, 6) is 0. The second kappa shape index (κ2) is 11.7. The van der Waals surface area contributed by atoms with Crippen LogP contribution < -0.4 is 15.5 Å². The highest BCUT2D eigenvalue weighted by molar-refractivity contribution is 7.22. The number of nitrogens with zero attached hydrogens (tertiary/aromatic N) is 3. The third-order valence-electron chi connectivity index (χ3n) is 6.05. The van der Waals surface area contributed by atoms with Crippen molar-refractivity contribution in [1.29, 1.82) is 0 Å². The summed E-state index contributed by atoms with van der Waals surface area (Å²) in [6, 6.07) is 23.2. The van der Waals surface area contributed by atoms with Crippen LogP contribution in [-0.4, -0.2) is 55.3 Å². The molecule has 1 aromatic heterocycles. The van der Waals surface area contributed by atoms with Crippen LogP contribution in [-0.2, 0) is 11.3 Å². The Labute approximate surface area is 219 Å². The molecule has 2 amide bonds. The lowest BCUT2D eigenvalue weighted by Crippen LogP contribution is -2.44. The van der Waals surface area contributed by atoms with Gasteiger partial charge in [-0.1, -0.05) is 53.3 Å². The molecular weight excluding hydrogens is 494 g/mol. The molecule has 1 fully saturated rings. The molecule has 9 heteroatoms. The summed E-state index contributed by atoms with van der Waals surface area (Å²) in [5.41, 5.74) is 3.64. The van der Waals surface area contributed by atoms with Gasteiger partial charge in [-0.3, -0.25) is 9.80 Å². The fourth-order valence-electron chi connectivity index (χ4n) is 4.07. The predicted molar refractivity (Wildman–Crippen MR) is 148 cm³/mol. The van der Waals surface area contributed by atoms with Gasteiger partial charge in [0.05, 0.1) is 23.4 Å². The molecule has 0 bridgehead atoms. The van der Waals surface area contributed by atoms with Crippen LogP contribution >= 0.6 is 22.9 Å². The molecule has 0 atom stereocenters. The highest BCUT2D eigenvalue weighted by Crippen LogP contribution is 2.30. The van der Waals surface area contributed by atoms with E-state index in [2.05, 4.69) is 27.7 Å². The van der Waals surface area contributed by atoms with Gasteiger partial charge in [-0.05, 0) is 48.0 Å². The van der Waals surface area contributed by atoms with Crippen LogP contribution in [0.1, 0.15) is 5.56 Å². The minimum absolute atomic E-state index is 0.183. The number of rotatable bonds is 8. The molecule has 1 aliphatic heterocycles. The van der Waals surface area contributed by atoms with Crippen LogP contribution in [0.2, 0.25) is 5.02 Å². The van der Waals surface area contributed by atoms with Crippen molar-refractivity contribution in [1.82, 2.24) is 9.88 Å². The van der Waals surface area contributed by atoms with Gasteiger partial charge in [0.25, 0.3) is 0 Å². The molecule has 4 aromatic rings. The van der Waals surface area contributed by atoms with Gasteiger partial charge in [0, 0.05) is 49.1 Å². The number of carbonyl (C=O) groups is 1. The molecule has 0 aliphatic carbocycles. The van der Waals surface area contributed by atoms with E-state index in [-0.39, 0.29) is 6.03 Å². The average molecular weight is 522 g/mol. The fraction of sp³-hybridized carbons (Fsp3) is 0.259. The van der Waals surface area contributed by atoms with Crippen LogP contribution in [0.3, 0.4) is 0 Å². The Kier molecular flexibility index (Phi) is 7.98. The number of amides is 2. The summed E-state index contributed by atoms with van der Waals surface area (Å²) in [6.07, 6.45) is 0. The quantitative estimate of drug-likeness (QED) is 0.300. The molecule has 3 aromatic carbocycles. The molecule has 186 valence electrons. The maximum Gasteiger partial charge on any atom is 0.326 e. The number of thiazole rings is 1. The molecule has 0 saturated carbocycles. The van der Waals surface area contributed by atoms with Gasteiger partial charge in [-0.15, -0.1) is 0 Å². The highest BCUT2D eigenvalue weighted by Gasteiger charge is 2.20. The maximum absolute atomic E-state index is 13.4. The van der Waals surface area contributed by atoms with Gasteiger partial charge in [0.2, 0.25) is 0 Å². The number of hydrogen-bond donors (Lipinski definition) is 2. The van der Waals surface area contributed by atoms with E-state index in [4.69, 9.17) is 21.3 Å². The van der Waals surface area contributed by atoms with E-state index >= 15 is 0 Å². The number of aromatic nitrogens is 1. The Morgan fingerprint density at radius 1 is 1.06 bits per heavy atom. The number of carbonyl (C=O) groups excluding carboxylic acids is 1. The van der Waals surface area contributed by atoms with Gasteiger partial charge >= 0.3 is 6.03 Å². The van der Waals surface area contributed by atoms with E-state index in [9.17, 15) is 4.79 Å². The van der Waals surface area contributed by atoms with Crippen molar-refractivity contribution in [2.45, 2.75) is 6.54 Å². The highest BCUT2D eigenvalue weighted by atomic mass is 35.5. The zero-order valence-corrected chi connectivity index (χ0v) is 21.4. The number of anilines is 3. The molecule has 2 heterocycles. The summed E-state index contributed by atoms with van der Waals surface area (Å²) in [6.45, 7) is 5.23. The smallest absolute Gasteiger partial charge is 0.326 e. The number of nitrogens with one attached hydrogen (secondary N) is 2. The molecule has 0 spiro atoms. The van der Waals surface area contributed by atoms with Crippen LogP contribution in [0.25, 0.3) is 10.2 Å². The van der Waals surface area contributed by atoms with Gasteiger partial charge < -0.3 is 15.4 Å². The minimum atomic E-state index is -0.183. The molecule has 1 aliphatic rings. The first-order chi connectivity index (χ1) is 17.6. The summed E-state index contributed by atoms with van der Waals surface area (Å²) < 4.78 is 6.50. The lowest BCUT2D eigenvalue weighted by molar-refractivity contribution is 0.0393. The predicted octanol–water partition coefficient (Wildman–Crippen LogP) is 5.93. The second-order valence-electron chi connectivity index (χ2n) is 8.55. The number of hydrogen-bond acceptors (Lipinski definition) is 6.